The van der Waals surface area contributed by atoms with Crippen LogP contribution in [0.25, 0.3) is 0 Å². The van der Waals surface area contributed by atoms with Gasteiger partial charge in [0, 0.05) is 51.9 Å². The van der Waals surface area contributed by atoms with Crippen molar-refractivity contribution in [3.8, 4) is 5.75 Å². The van der Waals surface area contributed by atoms with Gasteiger partial charge in [-0.15, -0.1) is 0 Å². The number of nitrogens with one attached hydrogen (secondary N) is 1. The topological polar surface area (TPSA) is 97.4 Å². The van der Waals surface area contributed by atoms with Crippen molar-refractivity contribution in [3.05, 3.63) is 23.8 Å². The number of carbonyl (C=O) groups is 3. The largest absolute Gasteiger partial charge is 0.491 e. The Morgan fingerprint density at radius 3 is 2.53 bits per heavy atom. The third kappa shape index (κ3) is 6.07. The Morgan fingerprint density at radius 1 is 1.18 bits per heavy atom. The van der Waals surface area contributed by atoms with Gasteiger partial charge < -0.3 is 29.3 Å². The number of methoxy groups -OCH3 is 2. The number of hydrogen-bond donors (Lipinski definition) is 1. The van der Waals surface area contributed by atoms with Crippen LogP contribution in [0.1, 0.15) is 43.5 Å². The van der Waals surface area contributed by atoms with Crippen LogP contribution in [0.5, 0.6) is 5.75 Å². The van der Waals surface area contributed by atoms with Crippen molar-refractivity contribution in [2.45, 2.75) is 45.3 Å². The molecular formula is C25H37N3O6. The monoisotopic (exact) mass is 475 g/mol. The van der Waals surface area contributed by atoms with Crippen molar-refractivity contribution < 1.29 is 28.6 Å². The van der Waals surface area contributed by atoms with Crippen molar-refractivity contribution in [1.29, 1.82) is 0 Å². The summed E-state index contributed by atoms with van der Waals surface area (Å²) in [6, 6.07) is 4.86. The number of carbonyl (C=O) groups excluding carboxylic acids is 3. The van der Waals surface area contributed by atoms with E-state index in [1.807, 2.05) is 13.8 Å². The van der Waals surface area contributed by atoms with Crippen LogP contribution < -0.4 is 10.1 Å². The number of likely N-dealkylation sites (N-methyl/N-ethyl adjacent to an activating group) is 1. The van der Waals surface area contributed by atoms with Gasteiger partial charge in [-0.25, -0.2) is 0 Å². The Morgan fingerprint density at radius 2 is 1.91 bits per heavy atom. The first-order valence-electron chi connectivity index (χ1n) is 11.9. The van der Waals surface area contributed by atoms with E-state index < -0.39 is 0 Å². The Balaban J connectivity index is 1.91. The fourth-order valence-corrected chi connectivity index (χ4v) is 4.32. The Kier molecular flexibility index (Phi) is 8.90. The SMILES string of the molecule is COCC(=O)N1C[C@@H](C)[C@@H](OC)CN(C)C(=O)c2cc(NC(=O)C3CCC3)ccc2OC[C@@H]1C. The second-order valence-electron chi connectivity index (χ2n) is 9.40. The molecule has 1 aromatic rings. The van der Waals surface area contributed by atoms with Crippen LogP contribution in [0.4, 0.5) is 5.69 Å². The molecule has 0 aromatic heterocycles. The Hall–Kier alpha value is -2.65. The smallest absolute Gasteiger partial charge is 0.257 e. The summed E-state index contributed by atoms with van der Waals surface area (Å²) < 4.78 is 16.8. The molecule has 0 saturated heterocycles. The zero-order valence-corrected chi connectivity index (χ0v) is 20.8. The first kappa shape index (κ1) is 26.0. The fourth-order valence-electron chi connectivity index (χ4n) is 4.32. The molecule has 3 atom stereocenters. The molecule has 34 heavy (non-hydrogen) atoms. The molecule has 1 aliphatic heterocycles. The number of fused-ring (bicyclic) bond motifs is 1. The molecule has 0 bridgehead atoms. The molecule has 1 fully saturated rings. The average Bonchev–Trinajstić information content (AvgIpc) is 2.77. The molecule has 1 saturated carbocycles. The summed E-state index contributed by atoms with van der Waals surface area (Å²) in [4.78, 5) is 41.9. The predicted octanol–water partition coefficient (Wildman–Crippen LogP) is 2.40. The van der Waals surface area contributed by atoms with Crippen LogP contribution in [0.2, 0.25) is 0 Å². The summed E-state index contributed by atoms with van der Waals surface area (Å²) in [5.74, 6) is 0.0504. The number of ether oxygens (including phenoxy) is 3. The predicted molar refractivity (Wildman–Crippen MR) is 128 cm³/mol. The first-order valence-corrected chi connectivity index (χ1v) is 11.9. The maximum atomic E-state index is 13.4. The molecule has 3 amide bonds. The number of anilines is 1. The molecule has 3 rings (SSSR count). The van der Waals surface area contributed by atoms with Crippen LogP contribution in [-0.4, -0.2) is 87.2 Å². The number of rotatable bonds is 5. The molecule has 0 radical (unpaired) electrons. The van der Waals surface area contributed by atoms with E-state index >= 15 is 0 Å². The summed E-state index contributed by atoms with van der Waals surface area (Å²) in [5.41, 5.74) is 0.925. The summed E-state index contributed by atoms with van der Waals surface area (Å²) in [6.07, 6.45) is 2.59. The van der Waals surface area contributed by atoms with Crippen molar-refractivity contribution in [1.82, 2.24) is 9.80 Å². The number of benzene rings is 1. The van der Waals surface area contributed by atoms with Crippen LogP contribution in [0.15, 0.2) is 18.2 Å². The number of hydrogen-bond acceptors (Lipinski definition) is 6. The van der Waals surface area contributed by atoms with E-state index in [2.05, 4.69) is 5.32 Å². The summed E-state index contributed by atoms with van der Waals surface area (Å²) in [6.45, 7) is 4.89. The lowest BCUT2D eigenvalue weighted by atomic mass is 9.85. The van der Waals surface area contributed by atoms with Gasteiger partial charge in [0.15, 0.2) is 0 Å². The van der Waals surface area contributed by atoms with Gasteiger partial charge in [0.1, 0.15) is 19.0 Å². The van der Waals surface area contributed by atoms with Crippen molar-refractivity contribution in [3.63, 3.8) is 0 Å². The molecule has 9 heteroatoms. The molecule has 1 heterocycles. The lowest BCUT2D eigenvalue weighted by Crippen LogP contribution is -2.49. The van der Waals surface area contributed by atoms with E-state index in [9.17, 15) is 14.4 Å². The zero-order chi connectivity index (χ0) is 24.8. The maximum Gasteiger partial charge on any atom is 0.257 e. The van der Waals surface area contributed by atoms with Gasteiger partial charge in [0.25, 0.3) is 5.91 Å². The molecule has 0 unspecified atom stereocenters. The third-order valence-corrected chi connectivity index (χ3v) is 6.78. The molecule has 2 aliphatic rings. The molecule has 188 valence electrons. The molecule has 1 aromatic carbocycles. The van der Waals surface area contributed by atoms with Gasteiger partial charge in [-0.1, -0.05) is 13.3 Å². The van der Waals surface area contributed by atoms with Gasteiger partial charge in [0.05, 0.1) is 17.7 Å². The minimum absolute atomic E-state index is 0.0183. The minimum Gasteiger partial charge on any atom is -0.491 e. The van der Waals surface area contributed by atoms with Crippen LogP contribution in [0.3, 0.4) is 0 Å². The standard InChI is InChI=1S/C25H37N3O6/c1-16-12-28(23(29)15-32-4)17(2)14-34-21-10-9-19(26-24(30)18-7-6-8-18)11-20(21)25(31)27(3)13-22(16)33-5/h9-11,16-18,22H,6-8,12-15H2,1-5H3,(H,26,30)/t16-,17+,22+/m1/s1. The van der Waals surface area contributed by atoms with E-state index in [-0.39, 0.29) is 54.9 Å². The van der Waals surface area contributed by atoms with Crippen LogP contribution >= 0.6 is 0 Å². The highest BCUT2D eigenvalue weighted by Gasteiger charge is 2.31. The van der Waals surface area contributed by atoms with E-state index in [4.69, 9.17) is 14.2 Å². The number of amides is 3. The van der Waals surface area contributed by atoms with Gasteiger partial charge in [-0.3, -0.25) is 14.4 Å². The third-order valence-electron chi connectivity index (χ3n) is 6.78. The van der Waals surface area contributed by atoms with Gasteiger partial charge >= 0.3 is 0 Å². The van der Waals surface area contributed by atoms with Gasteiger partial charge in [0.2, 0.25) is 11.8 Å². The Bertz CT molecular complexity index is 887. The second-order valence-corrected chi connectivity index (χ2v) is 9.40. The highest BCUT2D eigenvalue weighted by atomic mass is 16.5. The summed E-state index contributed by atoms with van der Waals surface area (Å²) in [5, 5.41) is 2.93. The van der Waals surface area contributed by atoms with Crippen molar-refractivity contribution in [2.75, 3.05) is 52.9 Å². The van der Waals surface area contributed by atoms with Crippen molar-refractivity contribution >= 4 is 23.4 Å². The molecule has 1 aliphatic carbocycles. The molecule has 1 N–H and O–H groups in total. The van der Waals surface area contributed by atoms with E-state index in [1.165, 1.54) is 7.11 Å². The second kappa shape index (κ2) is 11.7. The highest BCUT2D eigenvalue weighted by Crippen LogP contribution is 2.30. The van der Waals surface area contributed by atoms with Crippen LogP contribution in [-0.2, 0) is 19.1 Å². The van der Waals surface area contributed by atoms with Crippen LogP contribution in [0, 0.1) is 11.8 Å². The minimum atomic E-state index is -0.274. The number of nitrogens with zero attached hydrogens (tertiary/aromatic N) is 2. The maximum absolute atomic E-state index is 13.4. The van der Waals surface area contributed by atoms with Crippen molar-refractivity contribution in [2.24, 2.45) is 11.8 Å². The Labute approximate surface area is 201 Å². The van der Waals surface area contributed by atoms with Gasteiger partial charge in [-0.05, 0) is 38.0 Å². The van der Waals surface area contributed by atoms with E-state index in [1.54, 1.807) is 42.2 Å². The fraction of sp³-hybridized carbons (Fsp3) is 0.640. The molecule has 0 spiro atoms. The average molecular weight is 476 g/mol. The van der Waals surface area contributed by atoms with E-state index in [0.717, 1.165) is 19.3 Å². The normalized spacial score (nSPS) is 24.3. The van der Waals surface area contributed by atoms with E-state index in [0.29, 0.717) is 30.1 Å². The lowest BCUT2D eigenvalue weighted by molar-refractivity contribution is -0.139. The quantitative estimate of drug-likeness (QED) is 0.703. The zero-order valence-electron chi connectivity index (χ0n) is 20.8. The molecular weight excluding hydrogens is 438 g/mol. The highest BCUT2D eigenvalue weighted by molar-refractivity contribution is 6.00. The first-order chi connectivity index (χ1) is 16.2. The van der Waals surface area contributed by atoms with Gasteiger partial charge in [-0.2, -0.15) is 0 Å². The molecule has 9 nitrogen and oxygen atoms in total. The summed E-state index contributed by atoms with van der Waals surface area (Å²) in [7, 11) is 4.82. The summed E-state index contributed by atoms with van der Waals surface area (Å²) >= 11 is 0. The lowest BCUT2D eigenvalue weighted by Gasteiger charge is -2.36.